The van der Waals surface area contributed by atoms with E-state index in [1.54, 1.807) is 0 Å². The monoisotopic (exact) mass is 224 g/mol. The van der Waals surface area contributed by atoms with Gasteiger partial charge in [0.25, 0.3) is 0 Å². The van der Waals surface area contributed by atoms with E-state index in [-0.39, 0.29) is 6.10 Å². The molecule has 2 aromatic rings. The summed E-state index contributed by atoms with van der Waals surface area (Å²) in [7, 11) is 0. The first kappa shape index (κ1) is 10.5. The largest absolute Gasteiger partial charge is 0.366 e. The van der Waals surface area contributed by atoms with Crippen LogP contribution in [0.2, 0.25) is 0 Å². The molecule has 0 atom stereocenters. The van der Waals surface area contributed by atoms with Crippen molar-refractivity contribution in [3.8, 4) is 0 Å². The summed E-state index contributed by atoms with van der Waals surface area (Å²) in [5, 5.41) is 0. The van der Waals surface area contributed by atoms with Gasteiger partial charge in [0.05, 0.1) is 6.10 Å². The molecule has 1 aliphatic carbocycles. The fraction of sp³-hybridized carbons (Fsp3) is 0.250. The Bertz CT molecular complexity index is 420. The molecule has 1 saturated carbocycles. The summed E-state index contributed by atoms with van der Waals surface area (Å²) in [6.45, 7) is 0. The van der Waals surface area contributed by atoms with Crippen molar-refractivity contribution in [2.75, 3.05) is 0 Å². The predicted octanol–water partition coefficient (Wildman–Crippen LogP) is 3.96. The number of benzene rings is 2. The lowest BCUT2D eigenvalue weighted by Crippen LogP contribution is -2.07. The minimum absolute atomic E-state index is 0.0879. The van der Waals surface area contributed by atoms with Crippen LogP contribution in [0.15, 0.2) is 60.7 Å². The Morgan fingerprint density at radius 2 is 1.24 bits per heavy atom. The van der Waals surface area contributed by atoms with Gasteiger partial charge in [-0.05, 0) is 24.0 Å². The van der Waals surface area contributed by atoms with Crippen molar-refractivity contribution in [2.24, 2.45) is 0 Å². The van der Waals surface area contributed by atoms with Crippen LogP contribution in [-0.4, -0.2) is 6.10 Å². The zero-order chi connectivity index (χ0) is 11.5. The molecule has 1 aliphatic rings. The second kappa shape index (κ2) is 4.72. The summed E-state index contributed by atoms with van der Waals surface area (Å²) in [5.41, 5.74) is 2.48. The van der Waals surface area contributed by atoms with Gasteiger partial charge in [0, 0.05) is 0 Å². The maximum atomic E-state index is 6.13. The van der Waals surface area contributed by atoms with E-state index in [2.05, 4.69) is 48.5 Å². The maximum absolute atomic E-state index is 6.13. The Morgan fingerprint density at radius 3 is 1.65 bits per heavy atom. The average Bonchev–Trinajstić information content (AvgIpc) is 3.22. The lowest BCUT2D eigenvalue weighted by molar-refractivity contribution is 0.0660. The molecule has 0 unspecified atom stereocenters. The third-order valence-electron chi connectivity index (χ3n) is 3.06. The standard InChI is InChI=1S/C16H16O/c1-3-7-13(8-4-1)16(17-15-11-12-15)14-9-5-2-6-10-14/h1-10,15-16H,11-12H2. The zero-order valence-corrected chi connectivity index (χ0v) is 9.75. The van der Waals surface area contributed by atoms with E-state index < -0.39 is 0 Å². The first-order valence-electron chi connectivity index (χ1n) is 6.19. The molecule has 3 rings (SSSR count). The van der Waals surface area contributed by atoms with Crippen LogP contribution in [-0.2, 0) is 4.74 Å². The van der Waals surface area contributed by atoms with Gasteiger partial charge in [-0.1, -0.05) is 60.7 Å². The van der Waals surface area contributed by atoms with Crippen molar-refractivity contribution in [3.05, 3.63) is 71.8 Å². The highest BCUT2D eigenvalue weighted by molar-refractivity contribution is 5.30. The Kier molecular flexibility index (Phi) is 2.93. The van der Waals surface area contributed by atoms with E-state index in [0.29, 0.717) is 6.10 Å². The number of hydrogen-bond acceptors (Lipinski definition) is 1. The minimum atomic E-state index is 0.0879. The molecule has 0 aromatic heterocycles. The topological polar surface area (TPSA) is 9.23 Å². The lowest BCUT2D eigenvalue weighted by atomic mass is 10.0. The summed E-state index contributed by atoms with van der Waals surface area (Å²) in [4.78, 5) is 0. The summed E-state index contributed by atoms with van der Waals surface area (Å²) in [6.07, 6.45) is 2.96. The van der Waals surface area contributed by atoms with Crippen molar-refractivity contribution in [3.63, 3.8) is 0 Å². The minimum Gasteiger partial charge on any atom is -0.366 e. The van der Waals surface area contributed by atoms with Gasteiger partial charge in [0.15, 0.2) is 0 Å². The Labute approximate surface area is 102 Å². The molecular weight excluding hydrogens is 208 g/mol. The summed E-state index contributed by atoms with van der Waals surface area (Å²) < 4.78 is 6.13. The molecule has 0 N–H and O–H groups in total. The van der Waals surface area contributed by atoms with Crippen molar-refractivity contribution < 1.29 is 4.74 Å². The summed E-state index contributed by atoms with van der Waals surface area (Å²) in [6, 6.07) is 20.9. The van der Waals surface area contributed by atoms with E-state index in [9.17, 15) is 0 Å². The van der Waals surface area contributed by atoms with Crippen LogP contribution in [0.3, 0.4) is 0 Å². The van der Waals surface area contributed by atoms with Crippen LogP contribution >= 0.6 is 0 Å². The second-order valence-corrected chi connectivity index (χ2v) is 4.54. The first-order valence-corrected chi connectivity index (χ1v) is 6.19. The molecule has 0 radical (unpaired) electrons. The first-order chi connectivity index (χ1) is 8.43. The fourth-order valence-corrected chi connectivity index (χ4v) is 2.00. The van der Waals surface area contributed by atoms with Crippen LogP contribution < -0.4 is 0 Å². The molecule has 0 aliphatic heterocycles. The zero-order valence-electron chi connectivity index (χ0n) is 9.75. The Morgan fingerprint density at radius 1 is 0.765 bits per heavy atom. The van der Waals surface area contributed by atoms with Crippen molar-refractivity contribution >= 4 is 0 Å². The molecule has 0 bridgehead atoms. The predicted molar refractivity (Wildman–Crippen MR) is 68.8 cm³/mol. The molecule has 2 aromatic carbocycles. The molecule has 86 valence electrons. The molecule has 0 saturated heterocycles. The fourth-order valence-electron chi connectivity index (χ4n) is 2.00. The number of ether oxygens (including phenoxy) is 1. The average molecular weight is 224 g/mol. The Hall–Kier alpha value is -1.60. The second-order valence-electron chi connectivity index (χ2n) is 4.54. The van der Waals surface area contributed by atoms with E-state index >= 15 is 0 Å². The van der Waals surface area contributed by atoms with Gasteiger partial charge >= 0.3 is 0 Å². The third kappa shape index (κ3) is 2.56. The van der Waals surface area contributed by atoms with E-state index in [1.807, 2.05) is 12.1 Å². The van der Waals surface area contributed by atoms with E-state index in [0.717, 1.165) is 0 Å². The van der Waals surface area contributed by atoms with Crippen LogP contribution in [0.25, 0.3) is 0 Å². The van der Waals surface area contributed by atoms with Crippen molar-refractivity contribution in [1.82, 2.24) is 0 Å². The maximum Gasteiger partial charge on any atom is 0.108 e. The molecule has 1 nitrogen and oxygen atoms in total. The normalized spacial score (nSPS) is 15.1. The number of hydrogen-bond donors (Lipinski definition) is 0. The Balaban J connectivity index is 1.91. The van der Waals surface area contributed by atoms with Gasteiger partial charge in [0.2, 0.25) is 0 Å². The highest BCUT2D eigenvalue weighted by Crippen LogP contribution is 2.34. The van der Waals surface area contributed by atoms with E-state index in [4.69, 9.17) is 4.74 Å². The quantitative estimate of drug-likeness (QED) is 0.764. The third-order valence-corrected chi connectivity index (χ3v) is 3.06. The molecule has 17 heavy (non-hydrogen) atoms. The molecule has 0 amide bonds. The molecule has 0 heterocycles. The van der Waals surface area contributed by atoms with Gasteiger partial charge in [-0.25, -0.2) is 0 Å². The van der Waals surface area contributed by atoms with Crippen LogP contribution in [0.5, 0.6) is 0 Å². The van der Waals surface area contributed by atoms with Gasteiger partial charge in [-0.15, -0.1) is 0 Å². The molecule has 0 spiro atoms. The van der Waals surface area contributed by atoms with Crippen LogP contribution in [0.1, 0.15) is 30.1 Å². The highest BCUT2D eigenvalue weighted by Gasteiger charge is 2.27. The smallest absolute Gasteiger partial charge is 0.108 e. The highest BCUT2D eigenvalue weighted by atomic mass is 16.5. The van der Waals surface area contributed by atoms with E-state index in [1.165, 1.54) is 24.0 Å². The molecule has 1 fully saturated rings. The van der Waals surface area contributed by atoms with Gasteiger partial charge < -0.3 is 4.74 Å². The number of rotatable bonds is 4. The summed E-state index contributed by atoms with van der Waals surface area (Å²) in [5.74, 6) is 0. The van der Waals surface area contributed by atoms with Gasteiger partial charge in [-0.2, -0.15) is 0 Å². The van der Waals surface area contributed by atoms with Crippen LogP contribution in [0, 0.1) is 0 Å². The van der Waals surface area contributed by atoms with Gasteiger partial charge in [0.1, 0.15) is 6.10 Å². The summed E-state index contributed by atoms with van der Waals surface area (Å²) >= 11 is 0. The van der Waals surface area contributed by atoms with Gasteiger partial charge in [-0.3, -0.25) is 0 Å². The SMILES string of the molecule is c1ccc(C(OC2CC2)c2ccccc2)cc1. The van der Waals surface area contributed by atoms with Crippen molar-refractivity contribution in [2.45, 2.75) is 25.0 Å². The van der Waals surface area contributed by atoms with Crippen molar-refractivity contribution in [1.29, 1.82) is 0 Å². The van der Waals surface area contributed by atoms with Crippen LogP contribution in [0.4, 0.5) is 0 Å². The molecular formula is C16H16O. The lowest BCUT2D eigenvalue weighted by Gasteiger charge is -2.18. The molecule has 1 heteroatoms.